The van der Waals surface area contributed by atoms with Crippen molar-refractivity contribution in [3.8, 4) is 0 Å². The van der Waals surface area contributed by atoms with Crippen LogP contribution < -0.4 is 10.6 Å². The highest BCUT2D eigenvalue weighted by molar-refractivity contribution is 6.53. The van der Waals surface area contributed by atoms with Crippen molar-refractivity contribution in [2.24, 2.45) is 5.92 Å². The van der Waals surface area contributed by atoms with E-state index in [2.05, 4.69) is 10.6 Å². The first-order valence-corrected chi connectivity index (χ1v) is 12.0. The number of rotatable bonds is 6. The zero-order valence-electron chi connectivity index (χ0n) is 17.7. The molecule has 2 atom stereocenters. The van der Waals surface area contributed by atoms with Crippen molar-refractivity contribution in [3.63, 3.8) is 0 Å². The van der Waals surface area contributed by atoms with Crippen LogP contribution in [0.2, 0.25) is 15.1 Å². The van der Waals surface area contributed by atoms with Gasteiger partial charge in [-0.05, 0) is 48.0 Å². The Morgan fingerprint density at radius 2 is 1.58 bits per heavy atom. The lowest BCUT2D eigenvalue weighted by molar-refractivity contribution is -0.729. The second kappa shape index (κ2) is 10.0. The molecule has 0 aromatic heterocycles. The van der Waals surface area contributed by atoms with Gasteiger partial charge in [-0.1, -0.05) is 34.8 Å². The Balaban J connectivity index is 1.52. The van der Waals surface area contributed by atoms with Gasteiger partial charge in [-0.3, -0.25) is 9.59 Å². The topological polar surface area (TPSA) is 98.5 Å². The maximum Gasteiger partial charge on any atom is 0.321 e. The molecular weight excluding hydrogens is 579 g/mol. The van der Waals surface area contributed by atoms with Gasteiger partial charge in [0.05, 0.1) is 33.2 Å². The second-order valence-corrected chi connectivity index (χ2v) is 10.7. The Morgan fingerprint density at radius 1 is 0.917 bits per heavy atom. The Labute approximate surface area is 228 Å². The second-order valence-electron chi connectivity index (χ2n) is 7.94. The molecule has 0 saturated heterocycles. The van der Waals surface area contributed by atoms with Crippen LogP contribution in [0.1, 0.15) is 21.8 Å². The summed E-state index contributed by atoms with van der Waals surface area (Å²) in [5, 5.41) is 14.8. The number of benzene rings is 3. The largest absolute Gasteiger partial charge is 0.326 e. The monoisotopic (exact) mass is 590 g/mol. The molecule has 3 aromatic rings. The minimum atomic E-state index is -1.40. The number of amides is 2. The van der Waals surface area contributed by atoms with Gasteiger partial charge in [-0.15, -0.1) is 23.2 Å². The number of nitrogens with zero attached hydrogens (tertiary/aromatic N) is 1. The van der Waals surface area contributed by atoms with Crippen LogP contribution >= 0.6 is 58.0 Å². The van der Waals surface area contributed by atoms with Crippen LogP contribution in [0.25, 0.3) is 0 Å². The lowest BCUT2D eigenvalue weighted by atomic mass is 10.1. The van der Waals surface area contributed by atoms with Crippen molar-refractivity contribution in [2.75, 3.05) is 10.6 Å². The number of alkyl halides is 2. The summed E-state index contributed by atoms with van der Waals surface area (Å²) in [6.07, 6.45) is 0. The highest BCUT2D eigenvalue weighted by Crippen LogP contribution is 2.65. The van der Waals surface area contributed by atoms with Crippen LogP contribution in [0.3, 0.4) is 0 Å². The molecule has 186 valence electrons. The van der Waals surface area contributed by atoms with Crippen molar-refractivity contribution in [2.45, 2.75) is 10.3 Å². The van der Waals surface area contributed by atoms with Crippen molar-refractivity contribution in [3.05, 3.63) is 91.5 Å². The number of hydrogen-bond acceptors (Lipinski definition) is 3. The fraction of sp³-hybridized carbons (Fsp3) is 0.130. The molecule has 0 spiro atoms. The Hall–Kier alpha value is -2.62. The lowest BCUT2D eigenvalue weighted by Gasteiger charge is -2.10. The van der Waals surface area contributed by atoms with Crippen LogP contribution in [0.15, 0.2) is 54.6 Å². The fourth-order valence-electron chi connectivity index (χ4n) is 3.77. The van der Waals surface area contributed by atoms with Crippen LogP contribution in [0, 0.1) is 16.6 Å². The third-order valence-corrected chi connectivity index (χ3v) is 7.13. The van der Waals surface area contributed by atoms with Crippen molar-refractivity contribution in [1.29, 1.82) is 0 Å². The zero-order valence-corrected chi connectivity index (χ0v) is 21.5. The molecular formula is C23H14Cl5FN3O4+. The number of anilines is 2. The van der Waals surface area contributed by atoms with Gasteiger partial charge in [0, 0.05) is 27.7 Å². The van der Waals surface area contributed by atoms with E-state index in [0.29, 0.717) is 15.6 Å². The maximum absolute atomic E-state index is 13.7. The molecule has 2 amide bonds. The van der Waals surface area contributed by atoms with Crippen LogP contribution in [0.4, 0.5) is 21.5 Å². The van der Waals surface area contributed by atoms with Gasteiger partial charge in [0.25, 0.3) is 10.8 Å². The van der Waals surface area contributed by atoms with E-state index in [1.54, 1.807) is 18.2 Å². The van der Waals surface area contributed by atoms with Crippen LogP contribution in [0.5, 0.6) is 0 Å². The lowest BCUT2D eigenvalue weighted by Crippen LogP contribution is -2.18. The molecule has 0 unspecified atom stereocenters. The first-order chi connectivity index (χ1) is 16.9. The Bertz CT molecular complexity index is 1400. The SMILES string of the molecule is O=C(Nc1cc(F)cc([N+](=O)O)c1)c1cc(NC(=O)[C@H]2[C@H](c3cc(Cl)cc(Cl)c3)C2(Cl)Cl)ccc1Cl. The summed E-state index contributed by atoms with van der Waals surface area (Å²) in [4.78, 5) is 36.2. The predicted molar refractivity (Wildman–Crippen MR) is 137 cm³/mol. The van der Waals surface area contributed by atoms with Gasteiger partial charge in [-0.25, -0.2) is 9.60 Å². The number of nitrogens with one attached hydrogen (secondary N) is 2. The molecule has 3 aromatic carbocycles. The minimum Gasteiger partial charge on any atom is -0.326 e. The van der Waals surface area contributed by atoms with Crippen molar-refractivity contribution >= 4 is 86.9 Å². The summed E-state index contributed by atoms with van der Waals surface area (Å²) >= 11 is 31.0. The van der Waals surface area contributed by atoms with Gasteiger partial charge < -0.3 is 10.6 Å². The Kier molecular flexibility index (Phi) is 7.37. The summed E-state index contributed by atoms with van der Waals surface area (Å²) in [6, 6.07) is 11.7. The van der Waals surface area contributed by atoms with E-state index >= 15 is 0 Å². The first-order valence-electron chi connectivity index (χ1n) is 10.1. The quantitative estimate of drug-likeness (QED) is 0.206. The molecule has 36 heavy (non-hydrogen) atoms. The maximum atomic E-state index is 13.7. The summed E-state index contributed by atoms with van der Waals surface area (Å²) in [5.74, 6) is -3.53. The van der Waals surface area contributed by atoms with E-state index in [0.717, 1.165) is 18.2 Å². The normalized spacial score (nSPS) is 17.8. The van der Waals surface area contributed by atoms with E-state index in [1.807, 2.05) is 0 Å². The van der Waals surface area contributed by atoms with Crippen LogP contribution in [-0.2, 0) is 4.79 Å². The molecule has 1 fully saturated rings. The molecule has 1 aliphatic rings. The van der Waals surface area contributed by atoms with E-state index in [-0.39, 0.29) is 22.0 Å². The highest BCUT2D eigenvalue weighted by Gasteiger charge is 2.67. The summed E-state index contributed by atoms with van der Waals surface area (Å²) in [7, 11) is 0. The average Bonchev–Trinajstić information content (AvgIpc) is 3.36. The molecule has 0 radical (unpaired) electrons. The smallest absolute Gasteiger partial charge is 0.321 e. The van der Waals surface area contributed by atoms with Crippen molar-refractivity contribution in [1.82, 2.24) is 0 Å². The molecule has 3 N–H and O–H groups in total. The summed E-state index contributed by atoms with van der Waals surface area (Å²) in [5.41, 5.74) is 0.228. The summed E-state index contributed by atoms with van der Waals surface area (Å²) < 4.78 is 12.3. The van der Waals surface area contributed by atoms with Crippen LogP contribution in [-0.4, -0.2) is 26.3 Å². The third kappa shape index (κ3) is 5.53. The molecule has 0 bridgehead atoms. The van der Waals surface area contributed by atoms with Gasteiger partial charge in [-0.2, -0.15) is 0 Å². The zero-order chi connectivity index (χ0) is 26.4. The summed E-state index contributed by atoms with van der Waals surface area (Å²) in [6.45, 7) is 0. The van der Waals surface area contributed by atoms with E-state index in [4.69, 9.17) is 63.2 Å². The number of carbonyl (C=O) groups excluding carboxylic acids is 2. The van der Waals surface area contributed by atoms with Gasteiger partial charge in [0.2, 0.25) is 5.91 Å². The minimum absolute atomic E-state index is 0.0386. The Morgan fingerprint density at radius 3 is 2.22 bits per heavy atom. The van der Waals surface area contributed by atoms with Gasteiger partial charge in [0.1, 0.15) is 10.2 Å². The highest BCUT2D eigenvalue weighted by atomic mass is 35.5. The molecule has 1 aliphatic carbocycles. The predicted octanol–water partition coefficient (Wildman–Crippen LogP) is 7.36. The molecule has 13 heteroatoms. The van der Waals surface area contributed by atoms with E-state index < -0.39 is 44.4 Å². The number of hydrogen-bond donors (Lipinski definition) is 3. The number of halogens is 6. The molecule has 7 nitrogen and oxygen atoms in total. The van der Waals surface area contributed by atoms with E-state index in [9.17, 15) is 18.9 Å². The third-order valence-electron chi connectivity index (χ3n) is 5.42. The molecule has 0 heterocycles. The fourth-order valence-corrected chi connectivity index (χ4v) is 5.35. The van der Waals surface area contributed by atoms with E-state index in [1.165, 1.54) is 18.2 Å². The molecule has 1 saturated carbocycles. The number of carbonyl (C=O) groups is 2. The van der Waals surface area contributed by atoms with Crippen molar-refractivity contribution < 1.29 is 24.1 Å². The first kappa shape index (κ1) is 26.4. The van der Waals surface area contributed by atoms with Gasteiger partial charge >= 0.3 is 5.69 Å². The molecule has 4 rings (SSSR count). The van der Waals surface area contributed by atoms with Gasteiger partial charge in [0.15, 0.2) is 0 Å². The average molecular weight is 593 g/mol. The standard InChI is InChI=1S/C23H13Cl5FN3O4/c24-11-3-10(4-12(25)5-11)19-20(23(19,27)28)22(34)30-14-1-2-18(26)17(9-14)21(33)31-15-6-13(29)7-16(8-15)32(35)36/h1-9,19-20H,(H2-,30,31,33,34,35,36)/p+1/t19-,20+/m0/s1. The molecule has 0 aliphatic heterocycles.